The zero-order valence-corrected chi connectivity index (χ0v) is 16.7. The number of carbonyl (C=O) groups excluding carboxylic acids is 4. The number of nitrogens with one attached hydrogen (secondary N) is 1. The molecule has 0 spiro atoms. The molecule has 154 valence electrons. The van der Waals surface area contributed by atoms with Crippen molar-refractivity contribution in [1.29, 1.82) is 0 Å². The van der Waals surface area contributed by atoms with Gasteiger partial charge in [0.25, 0.3) is 9.70 Å². The van der Waals surface area contributed by atoms with Gasteiger partial charge in [-0.05, 0) is 0 Å². The predicted octanol–water partition coefficient (Wildman–Crippen LogP) is -0.0149. The molecular formula is C14H18Cl3NO9. The summed E-state index contributed by atoms with van der Waals surface area (Å²) in [5.74, 6) is -3.40. The molecule has 0 radical (unpaired) electrons. The number of esters is 3. The van der Waals surface area contributed by atoms with Crippen LogP contribution in [-0.4, -0.2) is 70.0 Å². The van der Waals surface area contributed by atoms with E-state index in [1.54, 1.807) is 0 Å². The molecule has 1 aliphatic heterocycles. The first-order valence-electron chi connectivity index (χ1n) is 7.52. The summed E-state index contributed by atoms with van der Waals surface area (Å²) in [6, 6.07) is -1.45. The van der Waals surface area contributed by atoms with Crippen LogP contribution in [0.3, 0.4) is 0 Å². The monoisotopic (exact) mass is 449 g/mol. The number of hydrogen-bond acceptors (Lipinski definition) is 9. The second-order valence-corrected chi connectivity index (χ2v) is 7.79. The Labute approximate surface area is 169 Å². The quantitative estimate of drug-likeness (QED) is 0.336. The number of alkyl halides is 3. The molecule has 1 amide bonds. The molecule has 27 heavy (non-hydrogen) atoms. The molecule has 0 bridgehead atoms. The Kier molecular flexibility index (Phi) is 8.55. The summed E-state index contributed by atoms with van der Waals surface area (Å²) in [7, 11) is 0. The molecule has 1 fully saturated rings. The molecule has 1 aliphatic rings. The number of ether oxygens (including phenoxy) is 4. The average molecular weight is 451 g/mol. The van der Waals surface area contributed by atoms with Gasteiger partial charge in [0.2, 0.25) is 0 Å². The van der Waals surface area contributed by atoms with Gasteiger partial charge in [-0.15, -0.1) is 0 Å². The van der Waals surface area contributed by atoms with Gasteiger partial charge in [0.05, 0.1) is 0 Å². The van der Waals surface area contributed by atoms with Crippen LogP contribution in [0.2, 0.25) is 0 Å². The highest BCUT2D eigenvalue weighted by atomic mass is 35.6. The second kappa shape index (κ2) is 9.74. The lowest BCUT2D eigenvalue weighted by atomic mass is 9.96. The molecule has 0 aliphatic carbocycles. The minimum Gasteiger partial charge on any atom is -0.463 e. The van der Waals surface area contributed by atoms with Gasteiger partial charge in [0.15, 0.2) is 18.5 Å². The predicted molar refractivity (Wildman–Crippen MR) is 90.8 cm³/mol. The molecule has 10 nitrogen and oxygen atoms in total. The maximum atomic E-state index is 11.9. The van der Waals surface area contributed by atoms with Crippen LogP contribution in [-0.2, 0) is 38.1 Å². The first kappa shape index (κ1) is 23.7. The van der Waals surface area contributed by atoms with Crippen molar-refractivity contribution in [2.24, 2.45) is 0 Å². The van der Waals surface area contributed by atoms with Crippen molar-refractivity contribution in [1.82, 2.24) is 5.32 Å². The third-order valence-corrected chi connectivity index (χ3v) is 3.79. The van der Waals surface area contributed by atoms with E-state index >= 15 is 0 Å². The Balaban J connectivity index is 3.18. The molecule has 1 saturated heterocycles. The number of amides is 1. The van der Waals surface area contributed by atoms with E-state index in [1.165, 1.54) is 0 Å². The minimum atomic E-state index is -2.38. The Bertz CT molecular complexity index is 595. The van der Waals surface area contributed by atoms with E-state index in [-0.39, 0.29) is 0 Å². The van der Waals surface area contributed by atoms with Gasteiger partial charge >= 0.3 is 17.9 Å². The zero-order valence-electron chi connectivity index (χ0n) is 14.4. The van der Waals surface area contributed by atoms with E-state index in [4.69, 9.17) is 53.8 Å². The number of aliphatic hydroxyl groups is 1. The maximum Gasteiger partial charge on any atom is 0.303 e. The van der Waals surface area contributed by atoms with Crippen molar-refractivity contribution in [2.75, 3.05) is 6.61 Å². The zero-order chi connectivity index (χ0) is 20.9. The summed E-state index contributed by atoms with van der Waals surface area (Å²) in [5, 5.41) is 12.4. The van der Waals surface area contributed by atoms with Crippen LogP contribution in [0.5, 0.6) is 0 Å². The van der Waals surface area contributed by atoms with Crippen LogP contribution < -0.4 is 5.32 Å². The van der Waals surface area contributed by atoms with E-state index in [9.17, 15) is 24.3 Å². The molecule has 0 aromatic carbocycles. The van der Waals surface area contributed by atoms with Crippen molar-refractivity contribution in [3.63, 3.8) is 0 Å². The van der Waals surface area contributed by atoms with Gasteiger partial charge in [-0.1, -0.05) is 34.8 Å². The summed E-state index contributed by atoms with van der Waals surface area (Å²) < 4.78 is 17.9. The molecule has 0 aromatic heterocycles. The van der Waals surface area contributed by atoms with Gasteiger partial charge in [-0.2, -0.15) is 0 Å². The molecule has 13 heteroatoms. The molecule has 0 aromatic rings. The summed E-state index contributed by atoms with van der Waals surface area (Å²) in [4.78, 5) is 45.9. The molecule has 1 heterocycles. The number of halogens is 3. The van der Waals surface area contributed by atoms with Gasteiger partial charge in [0, 0.05) is 20.8 Å². The van der Waals surface area contributed by atoms with Crippen LogP contribution in [0.15, 0.2) is 0 Å². The standard InChI is InChI=1S/C14H18Cl3NO9/c1-5(19)24-4-8-10(25-6(2)20)11(26-7(3)21)9(12(22)27-8)18-13(23)14(15,16)17/h8-12,22H,4H2,1-3H3,(H,18,23)/t8-,9-,10-,11-,12-/m1/s1. The van der Waals surface area contributed by atoms with E-state index in [0.29, 0.717) is 0 Å². The minimum absolute atomic E-state index is 0.423. The number of carbonyl (C=O) groups is 4. The lowest BCUT2D eigenvalue weighted by Crippen LogP contribution is -2.67. The summed E-state index contributed by atoms with van der Waals surface area (Å²) in [6.45, 7) is 2.84. The molecule has 5 atom stereocenters. The summed E-state index contributed by atoms with van der Waals surface area (Å²) in [5.41, 5.74) is 0. The van der Waals surface area contributed by atoms with Crippen LogP contribution in [0.1, 0.15) is 20.8 Å². The SMILES string of the molecule is CC(=O)OC[C@H]1O[C@@H](O)[C@H](NC(=O)C(Cl)(Cl)Cl)[C@@H](OC(C)=O)[C@@H]1OC(C)=O. The van der Waals surface area contributed by atoms with Crippen molar-refractivity contribution in [2.45, 2.75) is 55.2 Å². The molecule has 1 rings (SSSR count). The van der Waals surface area contributed by atoms with Crippen LogP contribution in [0, 0.1) is 0 Å². The fourth-order valence-electron chi connectivity index (χ4n) is 2.31. The highest BCUT2D eigenvalue weighted by Crippen LogP contribution is 2.29. The number of hydrogen-bond donors (Lipinski definition) is 2. The summed E-state index contributed by atoms with van der Waals surface area (Å²) in [6.07, 6.45) is -5.72. The second-order valence-electron chi connectivity index (χ2n) is 5.51. The lowest BCUT2D eigenvalue weighted by molar-refractivity contribution is -0.264. The third kappa shape index (κ3) is 7.30. The molecule has 2 N–H and O–H groups in total. The van der Waals surface area contributed by atoms with E-state index in [0.717, 1.165) is 20.8 Å². The molecule has 0 saturated carbocycles. The lowest BCUT2D eigenvalue weighted by Gasteiger charge is -2.43. The Morgan fingerprint density at radius 1 is 1.00 bits per heavy atom. The van der Waals surface area contributed by atoms with Crippen LogP contribution >= 0.6 is 34.8 Å². The summed E-state index contributed by atoms with van der Waals surface area (Å²) >= 11 is 16.5. The average Bonchev–Trinajstić information content (AvgIpc) is 2.49. The largest absolute Gasteiger partial charge is 0.463 e. The first-order chi connectivity index (χ1) is 12.3. The Morgan fingerprint density at radius 2 is 1.52 bits per heavy atom. The third-order valence-electron chi connectivity index (χ3n) is 3.28. The van der Waals surface area contributed by atoms with Crippen molar-refractivity contribution < 1.29 is 43.2 Å². The Morgan fingerprint density at radius 3 is 1.96 bits per heavy atom. The van der Waals surface area contributed by atoms with Crippen LogP contribution in [0.4, 0.5) is 0 Å². The van der Waals surface area contributed by atoms with E-state index in [2.05, 4.69) is 5.32 Å². The van der Waals surface area contributed by atoms with Crippen molar-refractivity contribution in [3.8, 4) is 0 Å². The van der Waals surface area contributed by atoms with Gasteiger partial charge in [-0.25, -0.2) is 0 Å². The fraction of sp³-hybridized carbons (Fsp3) is 0.714. The highest BCUT2D eigenvalue weighted by Gasteiger charge is 2.51. The number of rotatable bonds is 5. The van der Waals surface area contributed by atoms with Crippen molar-refractivity contribution >= 4 is 58.6 Å². The van der Waals surface area contributed by atoms with Gasteiger partial charge in [-0.3, -0.25) is 19.2 Å². The topological polar surface area (TPSA) is 137 Å². The number of aliphatic hydroxyl groups excluding tert-OH is 1. The smallest absolute Gasteiger partial charge is 0.303 e. The first-order valence-corrected chi connectivity index (χ1v) is 8.65. The highest BCUT2D eigenvalue weighted by molar-refractivity contribution is 6.76. The Hall–Kier alpha value is -1.33. The maximum absolute atomic E-state index is 11.9. The van der Waals surface area contributed by atoms with E-state index < -0.39 is 64.9 Å². The molecule has 0 unspecified atom stereocenters. The van der Waals surface area contributed by atoms with Gasteiger partial charge < -0.3 is 29.4 Å². The normalized spacial score (nSPS) is 28.0. The van der Waals surface area contributed by atoms with Crippen LogP contribution in [0.25, 0.3) is 0 Å². The van der Waals surface area contributed by atoms with Crippen molar-refractivity contribution in [3.05, 3.63) is 0 Å². The molecular weight excluding hydrogens is 433 g/mol. The fourth-order valence-corrected chi connectivity index (χ4v) is 2.47. The van der Waals surface area contributed by atoms with E-state index in [1.807, 2.05) is 0 Å². The van der Waals surface area contributed by atoms with Gasteiger partial charge in [0.1, 0.15) is 18.8 Å².